The minimum absolute atomic E-state index is 0.0642. The number of aliphatic hydroxyl groups is 1. The average molecular weight is 214 g/mol. The number of aliphatic hydroxyl groups excluding tert-OH is 1. The van der Waals surface area contributed by atoms with Crippen molar-refractivity contribution in [2.45, 2.75) is 13.0 Å². The van der Waals surface area contributed by atoms with Crippen molar-refractivity contribution in [2.24, 2.45) is 0 Å². The van der Waals surface area contributed by atoms with E-state index >= 15 is 0 Å². The summed E-state index contributed by atoms with van der Waals surface area (Å²) in [6.07, 6.45) is 0. The fourth-order valence-corrected chi connectivity index (χ4v) is 2.43. The Morgan fingerprint density at radius 3 is 3.29 bits per heavy atom. The predicted octanol–water partition coefficient (Wildman–Crippen LogP) is 0.649. The molecule has 0 aliphatic carbocycles. The second-order valence-electron chi connectivity index (χ2n) is 3.38. The quantitative estimate of drug-likeness (QED) is 0.785. The van der Waals surface area contributed by atoms with E-state index in [9.17, 15) is 5.11 Å². The Morgan fingerprint density at radius 1 is 1.79 bits per heavy atom. The number of nitrogens with zero attached hydrogens (tertiary/aromatic N) is 2. The Balaban J connectivity index is 2.14. The number of anilines is 1. The van der Waals surface area contributed by atoms with Crippen LogP contribution in [0.25, 0.3) is 0 Å². The molecule has 14 heavy (non-hydrogen) atoms. The molecule has 1 aliphatic heterocycles. The van der Waals surface area contributed by atoms with Gasteiger partial charge in [0.15, 0.2) is 5.13 Å². The van der Waals surface area contributed by atoms with Gasteiger partial charge >= 0.3 is 0 Å². The highest BCUT2D eigenvalue weighted by molar-refractivity contribution is 7.13. The lowest BCUT2D eigenvalue weighted by atomic mass is 10.2. The molecule has 1 unspecified atom stereocenters. The van der Waals surface area contributed by atoms with Crippen molar-refractivity contribution in [3.63, 3.8) is 0 Å². The van der Waals surface area contributed by atoms with Crippen LogP contribution in [0.3, 0.4) is 0 Å². The van der Waals surface area contributed by atoms with E-state index < -0.39 is 0 Å². The molecule has 1 N–H and O–H groups in total. The van der Waals surface area contributed by atoms with Gasteiger partial charge in [0.05, 0.1) is 31.6 Å². The van der Waals surface area contributed by atoms with Crippen LogP contribution in [0.15, 0.2) is 5.38 Å². The van der Waals surface area contributed by atoms with Crippen molar-refractivity contribution in [1.29, 1.82) is 0 Å². The number of aromatic nitrogens is 1. The molecule has 0 spiro atoms. The Morgan fingerprint density at radius 2 is 2.64 bits per heavy atom. The number of rotatable bonds is 2. The van der Waals surface area contributed by atoms with Crippen LogP contribution in [-0.2, 0) is 4.74 Å². The molecule has 1 atom stereocenters. The molecular formula is C9H14N2O2S. The van der Waals surface area contributed by atoms with Crippen LogP contribution in [-0.4, -0.2) is 42.5 Å². The van der Waals surface area contributed by atoms with E-state index in [1.165, 1.54) is 0 Å². The lowest BCUT2D eigenvalue weighted by Gasteiger charge is -2.34. The second-order valence-corrected chi connectivity index (χ2v) is 4.21. The smallest absolute Gasteiger partial charge is 0.185 e. The third kappa shape index (κ3) is 1.89. The summed E-state index contributed by atoms with van der Waals surface area (Å²) in [6, 6.07) is 0.0642. The first-order chi connectivity index (χ1) is 6.81. The van der Waals surface area contributed by atoms with E-state index in [1.54, 1.807) is 11.3 Å². The van der Waals surface area contributed by atoms with E-state index in [-0.39, 0.29) is 12.6 Å². The van der Waals surface area contributed by atoms with E-state index in [1.807, 2.05) is 12.3 Å². The first-order valence-electron chi connectivity index (χ1n) is 4.68. The maximum absolute atomic E-state index is 9.18. The predicted molar refractivity (Wildman–Crippen MR) is 55.9 cm³/mol. The normalized spacial score (nSPS) is 22.7. The van der Waals surface area contributed by atoms with Gasteiger partial charge in [-0.1, -0.05) is 0 Å². The highest BCUT2D eigenvalue weighted by atomic mass is 32.1. The molecule has 1 fully saturated rings. The molecule has 1 aromatic rings. The zero-order chi connectivity index (χ0) is 9.97. The van der Waals surface area contributed by atoms with Gasteiger partial charge in [0, 0.05) is 11.9 Å². The molecule has 2 rings (SSSR count). The van der Waals surface area contributed by atoms with Crippen LogP contribution >= 0.6 is 11.3 Å². The Bertz CT molecular complexity index is 303. The van der Waals surface area contributed by atoms with Gasteiger partial charge in [0.25, 0.3) is 0 Å². The summed E-state index contributed by atoms with van der Waals surface area (Å²) in [5.74, 6) is 0. The highest BCUT2D eigenvalue weighted by Crippen LogP contribution is 2.23. The van der Waals surface area contributed by atoms with Gasteiger partial charge in [-0.05, 0) is 6.92 Å². The van der Waals surface area contributed by atoms with E-state index in [0.29, 0.717) is 6.61 Å². The fraction of sp³-hybridized carbons (Fsp3) is 0.667. The van der Waals surface area contributed by atoms with Gasteiger partial charge in [-0.2, -0.15) is 0 Å². The van der Waals surface area contributed by atoms with Crippen molar-refractivity contribution >= 4 is 16.5 Å². The van der Waals surface area contributed by atoms with Gasteiger partial charge in [-0.3, -0.25) is 0 Å². The number of hydrogen-bond acceptors (Lipinski definition) is 5. The molecule has 2 heterocycles. The highest BCUT2D eigenvalue weighted by Gasteiger charge is 2.24. The summed E-state index contributed by atoms with van der Waals surface area (Å²) in [7, 11) is 0. The van der Waals surface area contributed by atoms with Gasteiger partial charge in [0.1, 0.15) is 0 Å². The second kappa shape index (κ2) is 4.25. The SMILES string of the molecule is Cc1csc(N2CCOCC2CO)n1. The number of thiazole rings is 1. The molecule has 0 radical (unpaired) electrons. The molecule has 1 aromatic heterocycles. The molecule has 1 aliphatic rings. The minimum Gasteiger partial charge on any atom is -0.394 e. The molecule has 0 amide bonds. The molecular weight excluding hydrogens is 200 g/mol. The van der Waals surface area contributed by atoms with E-state index in [4.69, 9.17) is 4.74 Å². The van der Waals surface area contributed by atoms with Crippen LogP contribution in [0.5, 0.6) is 0 Å². The van der Waals surface area contributed by atoms with Crippen molar-refractivity contribution < 1.29 is 9.84 Å². The zero-order valence-corrected chi connectivity index (χ0v) is 8.96. The lowest BCUT2D eigenvalue weighted by molar-refractivity contribution is 0.0727. The average Bonchev–Trinajstić information content (AvgIpc) is 2.65. The lowest BCUT2D eigenvalue weighted by Crippen LogP contribution is -2.47. The number of aryl methyl sites for hydroxylation is 1. The fourth-order valence-electron chi connectivity index (χ4n) is 1.53. The van der Waals surface area contributed by atoms with Crippen LogP contribution in [0.1, 0.15) is 5.69 Å². The summed E-state index contributed by atoms with van der Waals surface area (Å²) >= 11 is 1.62. The molecule has 0 saturated carbocycles. The van der Waals surface area contributed by atoms with Crippen molar-refractivity contribution in [3.8, 4) is 0 Å². The van der Waals surface area contributed by atoms with Gasteiger partial charge in [-0.15, -0.1) is 11.3 Å². The summed E-state index contributed by atoms with van der Waals surface area (Å²) in [5, 5.41) is 12.2. The number of hydrogen-bond donors (Lipinski definition) is 1. The summed E-state index contributed by atoms with van der Waals surface area (Å²) in [6.45, 7) is 4.23. The van der Waals surface area contributed by atoms with Crippen LogP contribution < -0.4 is 4.90 Å². The maximum atomic E-state index is 9.18. The molecule has 0 aromatic carbocycles. The molecule has 1 saturated heterocycles. The van der Waals surface area contributed by atoms with E-state index in [0.717, 1.165) is 24.0 Å². The maximum Gasteiger partial charge on any atom is 0.185 e. The third-order valence-electron chi connectivity index (χ3n) is 2.29. The standard InChI is InChI=1S/C9H14N2O2S/c1-7-6-14-9(10-7)11-2-3-13-5-8(11)4-12/h6,8,12H,2-5H2,1H3. The van der Waals surface area contributed by atoms with Crippen molar-refractivity contribution in [1.82, 2.24) is 4.98 Å². The molecule has 5 heteroatoms. The summed E-state index contributed by atoms with van der Waals surface area (Å²) < 4.78 is 5.31. The monoisotopic (exact) mass is 214 g/mol. The van der Waals surface area contributed by atoms with Gasteiger partial charge < -0.3 is 14.7 Å². The largest absolute Gasteiger partial charge is 0.394 e. The van der Waals surface area contributed by atoms with Crippen molar-refractivity contribution in [3.05, 3.63) is 11.1 Å². The zero-order valence-electron chi connectivity index (χ0n) is 8.14. The Labute approximate surface area is 87.1 Å². The van der Waals surface area contributed by atoms with Gasteiger partial charge in [-0.25, -0.2) is 4.98 Å². The van der Waals surface area contributed by atoms with Crippen LogP contribution in [0.2, 0.25) is 0 Å². The number of morpholine rings is 1. The molecule has 4 nitrogen and oxygen atoms in total. The van der Waals surface area contributed by atoms with Gasteiger partial charge in [0.2, 0.25) is 0 Å². The summed E-state index contributed by atoms with van der Waals surface area (Å²) in [4.78, 5) is 6.54. The van der Waals surface area contributed by atoms with Crippen LogP contribution in [0.4, 0.5) is 5.13 Å². The first kappa shape index (κ1) is 9.89. The van der Waals surface area contributed by atoms with Crippen molar-refractivity contribution in [2.75, 3.05) is 31.3 Å². The topological polar surface area (TPSA) is 45.6 Å². The Hall–Kier alpha value is -0.650. The molecule has 78 valence electrons. The Kier molecular flexibility index (Phi) is 3.00. The summed E-state index contributed by atoms with van der Waals surface area (Å²) in [5.41, 5.74) is 1.04. The third-order valence-corrected chi connectivity index (χ3v) is 3.29. The van der Waals surface area contributed by atoms with E-state index in [2.05, 4.69) is 9.88 Å². The van der Waals surface area contributed by atoms with Crippen LogP contribution in [0, 0.1) is 6.92 Å². The number of ether oxygens (including phenoxy) is 1. The first-order valence-corrected chi connectivity index (χ1v) is 5.56. The molecule has 0 bridgehead atoms. The minimum atomic E-state index is 0.0642.